The van der Waals surface area contributed by atoms with Gasteiger partial charge in [-0.15, -0.1) is 11.3 Å². The molecule has 1 atom stereocenters. The van der Waals surface area contributed by atoms with Crippen molar-refractivity contribution in [1.82, 2.24) is 0 Å². The number of aliphatic hydroxyl groups excluding tert-OH is 1. The third-order valence-corrected chi connectivity index (χ3v) is 4.55. The molecule has 2 rings (SSSR count). The fraction of sp³-hybridized carbons (Fsp3) is 0.286. The third-order valence-electron chi connectivity index (χ3n) is 2.88. The molecule has 0 aliphatic rings. The number of rotatable bonds is 4. The van der Waals surface area contributed by atoms with E-state index in [4.69, 9.17) is 0 Å². The van der Waals surface area contributed by atoms with Gasteiger partial charge in [0, 0.05) is 11.3 Å². The van der Waals surface area contributed by atoms with Gasteiger partial charge in [0.25, 0.3) is 0 Å². The summed E-state index contributed by atoms with van der Waals surface area (Å²) in [5.41, 5.74) is 2.11. The zero-order chi connectivity index (χ0) is 13.1. The van der Waals surface area contributed by atoms with E-state index in [1.807, 2.05) is 11.4 Å². The van der Waals surface area contributed by atoms with Gasteiger partial charge >= 0.3 is 0 Å². The van der Waals surface area contributed by atoms with Crippen molar-refractivity contribution >= 4 is 27.3 Å². The molecule has 0 aliphatic carbocycles. The zero-order valence-corrected chi connectivity index (χ0v) is 12.4. The van der Waals surface area contributed by atoms with Gasteiger partial charge in [-0.25, -0.2) is 4.39 Å². The van der Waals surface area contributed by atoms with Gasteiger partial charge in [-0.2, -0.15) is 0 Å². The van der Waals surface area contributed by atoms with Gasteiger partial charge in [-0.3, -0.25) is 0 Å². The Bertz CT molecular complexity index is 538. The summed E-state index contributed by atoms with van der Waals surface area (Å²) in [5.74, 6) is -0.279. The second kappa shape index (κ2) is 5.95. The molecule has 0 aliphatic heterocycles. The van der Waals surface area contributed by atoms with Crippen LogP contribution in [0, 0.1) is 5.82 Å². The Labute approximate surface area is 118 Å². The molecule has 0 fully saturated rings. The molecule has 1 aromatic heterocycles. The quantitative estimate of drug-likeness (QED) is 0.876. The number of aliphatic hydroxyl groups is 1. The molecule has 0 bridgehead atoms. The highest BCUT2D eigenvalue weighted by Crippen LogP contribution is 2.28. The van der Waals surface area contributed by atoms with E-state index in [-0.39, 0.29) is 5.82 Å². The van der Waals surface area contributed by atoms with Gasteiger partial charge in [0.05, 0.1) is 10.6 Å². The van der Waals surface area contributed by atoms with Gasteiger partial charge < -0.3 is 5.11 Å². The summed E-state index contributed by atoms with van der Waals surface area (Å²) in [6, 6.07) is 6.89. The van der Waals surface area contributed by atoms with Crippen molar-refractivity contribution < 1.29 is 9.50 Å². The van der Waals surface area contributed by atoms with E-state index in [1.54, 1.807) is 23.5 Å². The summed E-state index contributed by atoms with van der Waals surface area (Å²) < 4.78 is 13.6. The Morgan fingerprint density at radius 1 is 1.39 bits per heavy atom. The summed E-state index contributed by atoms with van der Waals surface area (Å²) >= 11 is 4.73. The van der Waals surface area contributed by atoms with Crippen LogP contribution in [0.4, 0.5) is 4.39 Å². The molecular weight excluding hydrogens is 315 g/mol. The smallest absolute Gasteiger partial charge is 0.137 e. The minimum Gasteiger partial charge on any atom is -0.387 e. The fourth-order valence-electron chi connectivity index (χ4n) is 1.91. The highest BCUT2D eigenvalue weighted by molar-refractivity contribution is 9.10. The maximum absolute atomic E-state index is 13.1. The second-order valence-corrected chi connectivity index (χ2v) is 5.93. The highest BCUT2D eigenvalue weighted by atomic mass is 79.9. The Morgan fingerprint density at radius 2 is 2.17 bits per heavy atom. The second-order valence-electron chi connectivity index (χ2n) is 4.13. The first-order valence-corrected chi connectivity index (χ1v) is 7.47. The molecule has 1 heterocycles. The van der Waals surface area contributed by atoms with Gasteiger partial charge in [-0.1, -0.05) is 13.0 Å². The maximum atomic E-state index is 13.1. The lowest BCUT2D eigenvalue weighted by Crippen LogP contribution is -2.02. The molecule has 18 heavy (non-hydrogen) atoms. The van der Waals surface area contributed by atoms with Crippen LogP contribution in [0.5, 0.6) is 0 Å². The van der Waals surface area contributed by atoms with E-state index in [2.05, 4.69) is 22.9 Å². The zero-order valence-electron chi connectivity index (χ0n) is 9.99. The van der Waals surface area contributed by atoms with Crippen LogP contribution >= 0.6 is 27.3 Å². The number of thiophene rings is 1. The molecule has 1 aromatic carbocycles. The van der Waals surface area contributed by atoms with Gasteiger partial charge in [-0.05, 0) is 57.1 Å². The Kier molecular flexibility index (Phi) is 4.54. The molecule has 2 aromatic rings. The van der Waals surface area contributed by atoms with Crippen LogP contribution < -0.4 is 0 Å². The fourth-order valence-corrected chi connectivity index (χ4v) is 3.32. The van der Waals surface area contributed by atoms with Gasteiger partial charge in [0.15, 0.2) is 0 Å². The standard InChI is InChI=1S/C14H14BrFOS/c1-2-10-5-6-18-14(10)13(17)8-9-3-4-12(16)11(15)7-9/h3-7,13,17H,2,8H2,1H3. The van der Waals surface area contributed by atoms with Crippen LogP contribution in [0.3, 0.4) is 0 Å². The number of hydrogen-bond acceptors (Lipinski definition) is 2. The average Bonchev–Trinajstić information content (AvgIpc) is 2.82. The van der Waals surface area contributed by atoms with Crippen LogP contribution in [0.1, 0.15) is 29.0 Å². The van der Waals surface area contributed by atoms with E-state index in [0.717, 1.165) is 16.9 Å². The minimum atomic E-state index is -0.516. The molecule has 0 amide bonds. The van der Waals surface area contributed by atoms with Crippen molar-refractivity contribution in [2.45, 2.75) is 25.9 Å². The average molecular weight is 329 g/mol. The molecular formula is C14H14BrFOS. The van der Waals surface area contributed by atoms with Crippen LogP contribution in [0.25, 0.3) is 0 Å². The van der Waals surface area contributed by atoms with Crippen LogP contribution in [0.2, 0.25) is 0 Å². The SMILES string of the molecule is CCc1ccsc1C(O)Cc1ccc(F)c(Br)c1. The summed E-state index contributed by atoms with van der Waals surface area (Å²) in [6.07, 6.45) is 0.910. The summed E-state index contributed by atoms with van der Waals surface area (Å²) in [5, 5.41) is 12.2. The molecule has 1 unspecified atom stereocenters. The van der Waals surface area contributed by atoms with Crippen molar-refractivity contribution in [2.75, 3.05) is 0 Å². The van der Waals surface area contributed by atoms with Gasteiger partial charge in [0.2, 0.25) is 0 Å². The summed E-state index contributed by atoms with van der Waals surface area (Å²) in [4.78, 5) is 1.01. The molecule has 0 spiro atoms. The normalized spacial score (nSPS) is 12.7. The van der Waals surface area contributed by atoms with E-state index < -0.39 is 6.10 Å². The predicted octanol–water partition coefficient (Wildman–Crippen LogP) is 4.49. The lowest BCUT2D eigenvalue weighted by atomic mass is 10.0. The Hall–Kier alpha value is -0.710. The number of halogens is 2. The van der Waals surface area contributed by atoms with Gasteiger partial charge in [0.1, 0.15) is 5.82 Å². The predicted molar refractivity (Wildman–Crippen MR) is 76.5 cm³/mol. The minimum absolute atomic E-state index is 0.279. The molecule has 0 radical (unpaired) electrons. The number of benzene rings is 1. The Balaban J connectivity index is 2.16. The lowest BCUT2D eigenvalue weighted by molar-refractivity contribution is 0.181. The molecule has 0 saturated carbocycles. The third kappa shape index (κ3) is 2.99. The molecule has 0 saturated heterocycles. The first kappa shape index (κ1) is 13.7. The van der Waals surface area contributed by atoms with E-state index in [9.17, 15) is 9.50 Å². The van der Waals surface area contributed by atoms with Crippen molar-refractivity contribution in [2.24, 2.45) is 0 Å². The van der Waals surface area contributed by atoms with Crippen molar-refractivity contribution in [1.29, 1.82) is 0 Å². The molecule has 96 valence electrons. The Morgan fingerprint density at radius 3 is 2.83 bits per heavy atom. The van der Waals surface area contributed by atoms with E-state index in [0.29, 0.717) is 10.9 Å². The summed E-state index contributed by atoms with van der Waals surface area (Å²) in [7, 11) is 0. The maximum Gasteiger partial charge on any atom is 0.137 e. The van der Waals surface area contributed by atoms with E-state index in [1.165, 1.54) is 11.6 Å². The highest BCUT2D eigenvalue weighted by Gasteiger charge is 2.14. The lowest BCUT2D eigenvalue weighted by Gasteiger charge is -2.11. The first-order chi connectivity index (χ1) is 8.61. The first-order valence-electron chi connectivity index (χ1n) is 5.80. The molecule has 1 nitrogen and oxygen atoms in total. The summed E-state index contributed by atoms with van der Waals surface area (Å²) in [6.45, 7) is 2.08. The number of hydrogen-bond donors (Lipinski definition) is 1. The monoisotopic (exact) mass is 328 g/mol. The molecule has 1 N–H and O–H groups in total. The van der Waals surface area contributed by atoms with Crippen molar-refractivity contribution in [3.05, 3.63) is 55.9 Å². The van der Waals surface area contributed by atoms with Crippen molar-refractivity contribution in [3.8, 4) is 0 Å². The number of aryl methyl sites for hydroxylation is 1. The van der Waals surface area contributed by atoms with Crippen LogP contribution in [0.15, 0.2) is 34.1 Å². The topological polar surface area (TPSA) is 20.2 Å². The van der Waals surface area contributed by atoms with Crippen LogP contribution in [-0.2, 0) is 12.8 Å². The largest absolute Gasteiger partial charge is 0.387 e. The van der Waals surface area contributed by atoms with Crippen molar-refractivity contribution in [3.63, 3.8) is 0 Å². The van der Waals surface area contributed by atoms with E-state index >= 15 is 0 Å². The van der Waals surface area contributed by atoms with Crippen LogP contribution in [-0.4, -0.2) is 5.11 Å². The molecule has 4 heteroatoms.